The van der Waals surface area contributed by atoms with Gasteiger partial charge in [-0.1, -0.05) is 37.3 Å². The minimum absolute atomic E-state index is 0.000824. The second kappa shape index (κ2) is 8.26. The van der Waals surface area contributed by atoms with Gasteiger partial charge in [0.05, 0.1) is 5.92 Å². The monoisotopic (exact) mass is 340 g/mol. The van der Waals surface area contributed by atoms with Crippen molar-refractivity contribution in [2.75, 3.05) is 18.4 Å². The molecule has 0 spiro atoms. The van der Waals surface area contributed by atoms with Crippen LogP contribution in [0.1, 0.15) is 30.9 Å². The lowest BCUT2D eigenvalue weighted by Gasteiger charge is -2.32. The Labute approximate surface area is 148 Å². The number of benzene rings is 2. The van der Waals surface area contributed by atoms with E-state index in [1.165, 1.54) is 12.1 Å². The SMILES string of the molecule is CCc1ccccc1NC(=O)[C@@H]1CCCN(Cc2ccc(F)cc2)C1. The van der Waals surface area contributed by atoms with Gasteiger partial charge in [-0.05, 0) is 55.1 Å². The fourth-order valence-corrected chi connectivity index (χ4v) is 3.45. The molecule has 1 fully saturated rings. The molecule has 1 aliphatic rings. The van der Waals surface area contributed by atoms with Crippen LogP contribution in [0.15, 0.2) is 48.5 Å². The van der Waals surface area contributed by atoms with Crippen LogP contribution in [0.5, 0.6) is 0 Å². The summed E-state index contributed by atoms with van der Waals surface area (Å²) in [4.78, 5) is 15.0. The van der Waals surface area contributed by atoms with Gasteiger partial charge in [0.15, 0.2) is 0 Å². The molecule has 3 rings (SSSR count). The van der Waals surface area contributed by atoms with Gasteiger partial charge < -0.3 is 5.32 Å². The summed E-state index contributed by atoms with van der Waals surface area (Å²) < 4.78 is 13.0. The van der Waals surface area contributed by atoms with Gasteiger partial charge in [0, 0.05) is 18.8 Å². The summed E-state index contributed by atoms with van der Waals surface area (Å²) >= 11 is 0. The molecule has 132 valence electrons. The number of carbonyl (C=O) groups excluding carboxylic acids is 1. The number of nitrogens with zero attached hydrogens (tertiary/aromatic N) is 1. The largest absolute Gasteiger partial charge is 0.326 e. The quantitative estimate of drug-likeness (QED) is 0.883. The number of nitrogens with one attached hydrogen (secondary N) is 1. The molecule has 0 aliphatic carbocycles. The minimum Gasteiger partial charge on any atom is -0.326 e. The van der Waals surface area contributed by atoms with Gasteiger partial charge in [-0.15, -0.1) is 0 Å². The normalized spacial score (nSPS) is 18.1. The first kappa shape index (κ1) is 17.6. The first-order valence-electron chi connectivity index (χ1n) is 9.01. The maximum absolute atomic E-state index is 13.0. The van der Waals surface area contributed by atoms with Crippen molar-refractivity contribution >= 4 is 11.6 Å². The molecule has 0 bridgehead atoms. The molecule has 2 aromatic rings. The summed E-state index contributed by atoms with van der Waals surface area (Å²) in [6.45, 7) is 4.58. The predicted molar refractivity (Wildman–Crippen MR) is 98.9 cm³/mol. The zero-order valence-electron chi connectivity index (χ0n) is 14.7. The van der Waals surface area contributed by atoms with Crippen LogP contribution in [0.2, 0.25) is 0 Å². The van der Waals surface area contributed by atoms with Gasteiger partial charge in [0.25, 0.3) is 0 Å². The molecule has 1 N–H and O–H groups in total. The lowest BCUT2D eigenvalue weighted by Crippen LogP contribution is -2.40. The van der Waals surface area contributed by atoms with Crippen molar-refractivity contribution < 1.29 is 9.18 Å². The van der Waals surface area contributed by atoms with Crippen LogP contribution in [0.3, 0.4) is 0 Å². The van der Waals surface area contributed by atoms with Crippen molar-refractivity contribution in [2.24, 2.45) is 5.92 Å². The molecule has 0 saturated carbocycles. The maximum Gasteiger partial charge on any atom is 0.228 e. The Morgan fingerprint density at radius 3 is 2.72 bits per heavy atom. The van der Waals surface area contributed by atoms with Crippen molar-refractivity contribution in [3.05, 3.63) is 65.5 Å². The summed E-state index contributed by atoms with van der Waals surface area (Å²) in [5.74, 6) is -0.113. The van der Waals surface area contributed by atoms with E-state index in [4.69, 9.17) is 0 Å². The van der Waals surface area contributed by atoms with E-state index in [0.29, 0.717) is 0 Å². The standard InChI is InChI=1S/C21H25FN2O/c1-2-17-6-3-4-8-20(17)23-21(25)18-7-5-13-24(15-18)14-16-9-11-19(22)12-10-16/h3-4,6,8-12,18H,2,5,7,13-15H2,1H3,(H,23,25)/t18-/m1/s1. The molecule has 3 nitrogen and oxygen atoms in total. The minimum atomic E-state index is -0.214. The third-order valence-corrected chi connectivity index (χ3v) is 4.85. The Morgan fingerprint density at radius 1 is 1.20 bits per heavy atom. The highest BCUT2D eigenvalue weighted by Gasteiger charge is 2.26. The van der Waals surface area contributed by atoms with Gasteiger partial charge in [0.2, 0.25) is 5.91 Å². The van der Waals surface area contributed by atoms with Crippen LogP contribution in [-0.4, -0.2) is 23.9 Å². The number of para-hydroxylation sites is 1. The fourth-order valence-electron chi connectivity index (χ4n) is 3.45. The van der Waals surface area contributed by atoms with Crippen LogP contribution < -0.4 is 5.32 Å². The van der Waals surface area contributed by atoms with E-state index < -0.39 is 0 Å². The van der Waals surface area contributed by atoms with E-state index in [1.807, 2.05) is 30.3 Å². The van der Waals surface area contributed by atoms with Crippen LogP contribution in [0.25, 0.3) is 0 Å². The number of rotatable bonds is 5. The van der Waals surface area contributed by atoms with Gasteiger partial charge in [-0.2, -0.15) is 0 Å². The third-order valence-electron chi connectivity index (χ3n) is 4.85. The van der Waals surface area contributed by atoms with Crippen LogP contribution >= 0.6 is 0 Å². The number of hydrogen-bond acceptors (Lipinski definition) is 2. The number of anilines is 1. The van der Waals surface area contributed by atoms with Gasteiger partial charge in [0.1, 0.15) is 5.82 Å². The number of amides is 1. The number of piperidine rings is 1. The Hall–Kier alpha value is -2.20. The molecular formula is C21H25FN2O. The third kappa shape index (κ3) is 4.67. The number of likely N-dealkylation sites (tertiary alicyclic amines) is 1. The molecule has 1 amide bonds. The molecule has 1 atom stereocenters. The van der Waals surface area contributed by atoms with E-state index in [2.05, 4.69) is 23.2 Å². The summed E-state index contributed by atoms with van der Waals surface area (Å²) in [6, 6.07) is 14.6. The second-order valence-electron chi connectivity index (χ2n) is 6.70. The number of carbonyl (C=O) groups is 1. The molecule has 2 aromatic carbocycles. The smallest absolute Gasteiger partial charge is 0.228 e. The highest BCUT2D eigenvalue weighted by molar-refractivity contribution is 5.93. The molecule has 0 unspecified atom stereocenters. The Balaban J connectivity index is 1.60. The molecule has 0 radical (unpaired) electrons. The summed E-state index contributed by atoms with van der Waals surface area (Å²) in [6.07, 6.45) is 2.83. The highest BCUT2D eigenvalue weighted by Crippen LogP contribution is 2.22. The first-order chi connectivity index (χ1) is 12.2. The van der Waals surface area contributed by atoms with Crippen molar-refractivity contribution in [2.45, 2.75) is 32.7 Å². The van der Waals surface area contributed by atoms with E-state index in [9.17, 15) is 9.18 Å². The number of halogens is 1. The Morgan fingerprint density at radius 2 is 1.96 bits per heavy atom. The average molecular weight is 340 g/mol. The lowest BCUT2D eigenvalue weighted by atomic mass is 9.96. The maximum atomic E-state index is 13.0. The van der Waals surface area contributed by atoms with Gasteiger partial charge in [-0.25, -0.2) is 4.39 Å². The number of hydrogen-bond donors (Lipinski definition) is 1. The van der Waals surface area contributed by atoms with Crippen LogP contribution in [-0.2, 0) is 17.8 Å². The van der Waals surface area contributed by atoms with Crippen LogP contribution in [0, 0.1) is 11.7 Å². The molecule has 1 aliphatic heterocycles. The van der Waals surface area contributed by atoms with Crippen molar-refractivity contribution in [3.63, 3.8) is 0 Å². The molecule has 1 heterocycles. The van der Waals surface area contributed by atoms with Crippen molar-refractivity contribution in [1.29, 1.82) is 0 Å². The molecular weight excluding hydrogens is 315 g/mol. The molecule has 1 saturated heterocycles. The lowest BCUT2D eigenvalue weighted by molar-refractivity contribution is -0.121. The molecule has 4 heteroatoms. The average Bonchev–Trinajstić information content (AvgIpc) is 2.64. The number of aryl methyl sites for hydroxylation is 1. The van der Waals surface area contributed by atoms with E-state index >= 15 is 0 Å². The van der Waals surface area contributed by atoms with E-state index in [-0.39, 0.29) is 17.6 Å². The summed E-state index contributed by atoms with van der Waals surface area (Å²) in [7, 11) is 0. The van der Waals surface area contributed by atoms with Crippen LogP contribution in [0.4, 0.5) is 10.1 Å². The highest BCUT2D eigenvalue weighted by atomic mass is 19.1. The second-order valence-corrected chi connectivity index (χ2v) is 6.70. The Bertz CT molecular complexity index is 714. The van der Waals surface area contributed by atoms with Gasteiger partial charge in [-0.3, -0.25) is 9.69 Å². The zero-order chi connectivity index (χ0) is 17.6. The fraction of sp³-hybridized carbons (Fsp3) is 0.381. The zero-order valence-corrected chi connectivity index (χ0v) is 14.7. The molecule has 25 heavy (non-hydrogen) atoms. The van der Waals surface area contributed by atoms with E-state index in [1.54, 1.807) is 0 Å². The van der Waals surface area contributed by atoms with Crippen molar-refractivity contribution in [1.82, 2.24) is 4.90 Å². The molecule has 0 aromatic heterocycles. The topological polar surface area (TPSA) is 32.3 Å². The van der Waals surface area contributed by atoms with E-state index in [0.717, 1.165) is 55.7 Å². The van der Waals surface area contributed by atoms with Crippen molar-refractivity contribution in [3.8, 4) is 0 Å². The Kier molecular flexibility index (Phi) is 5.82. The van der Waals surface area contributed by atoms with Gasteiger partial charge >= 0.3 is 0 Å². The summed E-state index contributed by atoms with van der Waals surface area (Å²) in [5.41, 5.74) is 3.17. The predicted octanol–water partition coefficient (Wildman–Crippen LogP) is 4.24. The summed E-state index contributed by atoms with van der Waals surface area (Å²) in [5, 5.41) is 3.11. The first-order valence-corrected chi connectivity index (χ1v) is 9.01.